The highest BCUT2D eigenvalue weighted by Gasteiger charge is 2.33. The van der Waals surface area contributed by atoms with Crippen molar-refractivity contribution in [2.75, 3.05) is 19.3 Å². The maximum atomic E-state index is 12.6. The standard InChI is InChI=1S/C11H20N4O4S2/c1-8-11(9(2)13-12-8)21(18,19)15-6-4-10(5-7-15)14-20(3,16)17/h10,14H,4-7H2,1-3H3,(H,12,13). The number of aromatic nitrogens is 2. The van der Waals surface area contributed by atoms with Crippen LogP contribution in [0.1, 0.15) is 24.2 Å². The van der Waals surface area contributed by atoms with Crippen LogP contribution in [0.3, 0.4) is 0 Å². The van der Waals surface area contributed by atoms with Crippen molar-refractivity contribution in [1.29, 1.82) is 0 Å². The van der Waals surface area contributed by atoms with E-state index in [1.54, 1.807) is 13.8 Å². The number of rotatable bonds is 4. The highest BCUT2D eigenvalue weighted by Crippen LogP contribution is 2.24. The van der Waals surface area contributed by atoms with Gasteiger partial charge < -0.3 is 0 Å². The zero-order valence-corrected chi connectivity index (χ0v) is 13.9. The van der Waals surface area contributed by atoms with Gasteiger partial charge in [-0.25, -0.2) is 21.6 Å². The Labute approximate surface area is 125 Å². The summed E-state index contributed by atoms with van der Waals surface area (Å²) >= 11 is 0. The normalized spacial score (nSPS) is 19.0. The van der Waals surface area contributed by atoms with Crippen molar-refractivity contribution in [3.63, 3.8) is 0 Å². The molecule has 1 aromatic heterocycles. The molecule has 0 radical (unpaired) electrons. The molecule has 0 saturated carbocycles. The molecule has 0 aromatic carbocycles. The molecule has 0 spiro atoms. The van der Waals surface area contributed by atoms with E-state index < -0.39 is 20.0 Å². The van der Waals surface area contributed by atoms with Crippen molar-refractivity contribution in [3.05, 3.63) is 11.4 Å². The molecule has 0 bridgehead atoms. The van der Waals surface area contributed by atoms with Crippen molar-refractivity contribution in [3.8, 4) is 0 Å². The van der Waals surface area contributed by atoms with E-state index in [2.05, 4.69) is 14.9 Å². The van der Waals surface area contributed by atoms with Crippen molar-refractivity contribution in [2.45, 2.75) is 37.6 Å². The van der Waals surface area contributed by atoms with E-state index >= 15 is 0 Å². The van der Waals surface area contributed by atoms with Gasteiger partial charge in [0.05, 0.1) is 17.6 Å². The fourth-order valence-electron chi connectivity index (χ4n) is 2.57. The fourth-order valence-corrected chi connectivity index (χ4v) is 5.21. The molecule has 0 aliphatic carbocycles. The summed E-state index contributed by atoms with van der Waals surface area (Å²) in [5.74, 6) is 0. The largest absolute Gasteiger partial charge is 0.281 e. The highest BCUT2D eigenvalue weighted by atomic mass is 32.2. The van der Waals surface area contributed by atoms with Crippen LogP contribution in [0.25, 0.3) is 0 Å². The molecule has 10 heteroatoms. The van der Waals surface area contributed by atoms with Gasteiger partial charge in [0.15, 0.2) is 0 Å². The van der Waals surface area contributed by atoms with Gasteiger partial charge in [-0.3, -0.25) is 5.10 Å². The molecule has 2 heterocycles. The number of aromatic amines is 1. The van der Waals surface area contributed by atoms with Crippen LogP contribution < -0.4 is 4.72 Å². The minimum Gasteiger partial charge on any atom is -0.281 e. The molecule has 0 unspecified atom stereocenters. The predicted octanol–water partition coefficient (Wildman–Crippen LogP) is -0.271. The molecule has 120 valence electrons. The van der Waals surface area contributed by atoms with Gasteiger partial charge in [0.25, 0.3) is 0 Å². The Morgan fingerprint density at radius 2 is 1.76 bits per heavy atom. The average molecular weight is 336 g/mol. The summed E-state index contributed by atoms with van der Waals surface area (Å²) in [6, 6.07) is -0.210. The highest BCUT2D eigenvalue weighted by molar-refractivity contribution is 7.89. The molecule has 21 heavy (non-hydrogen) atoms. The van der Waals surface area contributed by atoms with E-state index in [0.29, 0.717) is 37.3 Å². The first-order valence-electron chi connectivity index (χ1n) is 6.60. The van der Waals surface area contributed by atoms with E-state index in [9.17, 15) is 16.8 Å². The lowest BCUT2D eigenvalue weighted by atomic mass is 10.1. The quantitative estimate of drug-likeness (QED) is 0.786. The lowest BCUT2D eigenvalue weighted by Gasteiger charge is -2.31. The second-order valence-corrected chi connectivity index (χ2v) is 8.99. The van der Waals surface area contributed by atoms with Gasteiger partial charge in [-0.05, 0) is 26.7 Å². The molecular weight excluding hydrogens is 316 g/mol. The van der Waals surface area contributed by atoms with Gasteiger partial charge in [0.1, 0.15) is 4.90 Å². The van der Waals surface area contributed by atoms with Crippen LogP contribution in [0.5, 0.6) is 0 Å². The number of hydrogen-bond acceptors (Lipinski definition) is 5. The van der Waals surface area contributed by atoms with Crippen molar-refractivity contribution in [1.82, 2.24) is 19.2 Å². The summed E-state index contributed by atoms with van der Waals surface area (Å²) in [6.07, 6.45) is 2.03. The van der Waals surface area contributed by atoms with Crippen molar-refractivity contribution >= 4 is 20.0 Å². The molecule has 2 N–H and O–H groups in total. The van der Waals surface area contributed by atoms with Crippen molar-refractivity contribution < 1.29 is 16.8 Å². The van der Waals surface area contributed by atoms with Crippen LogP contribution in [0.15, 0.2) is 4.90 Å². The lowest BCUT2D eigenvalue weighted by molar-refractivity contribution is 0.308. The molecule has 1 fully saturated rings. The molecule has 1 aromatic rings. The smallest absolute Gasteiger partial charge is 0.246 e. The Morgan fingerprint density at radius 3 is 2.19 bits per heavy atom. The number of nitrogens with zero attached hydrogens (tertiary/aromatic N) is 2. The molecule has 1 aliphatic rings. The number of H-pyrrole nitrogens is 1. The number of hydrogen-bond donors (Lipinski definition) is 2. The number of sulfonamides is 2. The summed E-state index contributed by atoms with van der Waals surface area (Å²) in [5.41, 5.74) is 0.966. The fraction of sp³-hybridized carbons (Fsp3) is 0.727. The Balaban J connectivity index is 2.12. The van der Waals surface area contributed by atoms with Gasteiger partial charge in [0.2, 0.25) is 20.0 Å². The average Bonchev–Trinajstić information content (AvgIpc) is 2.68. The van der Waals surface area contributed by atoms with Crippen LogP contribution in [0.4, 0.5) is 0 Å². The molecule has 0 atom stereocenters. The van der Waals surface area contributed by atoms with Crippen LogP contribution in [-0.4, -0.2) is 56.7 Å². The molecule has 2 rings (SSSR count). The zero-order valence-electron chi connectivity index (χ0n) is 12.2. The predicted molar refractivity (Wildman–Crippen MR) is 77.8 cm³/mol. The van der Waals surface area contributed by atoms with Gasteiger partial charge in [-0.1, -0.05) is 0 Å². The Bertz CT molecular complexity index is 696. The SMILES string of the molecule is Cc1n[nH]c(C)c1S(=O)(=O)N1CCC(NS(C)(=O)=O)CC1. The van der Waals surface area contributed by atoms with Crippen LogP contribution in [0.2, 0.25) is 0 Å². The summed E-state index contributed by atoms with van der Waals surface area (Å²) < 4.78 is 51.5. The van der Waals surface area contributed by atoms with Crippen molar-refractivity contribution in [2.24, 2.45) is 0 Å². The van der Waals surface area contributed by atoms with Crippen LogP contribution in [0, 0.1) is 13.8 Å². The number of aryl methyl sites for hydroxylation is 2. The zero-order chi connectivity index (χ0) is 15.8. The first-order chi connectivity index (χ1) is 9.61. The number of piperidine rings is 1. The van der Waals surface area contributed by atoms with E-state index in [1.807, 2.05) is 0 Å². The Morgan fingerprint density at radius 1 is 1.19 bits per heavy atom. The summed E-state index contributed by atoms with van der Waals surface area (Å²) in [4.78, 5) is 0.219. The maximum Gasteiger partial charge on any atom is 0.246 e. The van der Waals surface area contributed by atoms with Gasteiger partial charge in [-0.15, -0.1) is 0 Å². The first kappa shape index (κ1) is 16.4. The lowest BCUT2D eigenvalue weighted by Crippen LogP contribution is -2.46. The van der Waals surface area contributed by atoms with Crippen LogP contribution in [-0.2, 0) is 20.0 Å². The summed E-state index contributed by atoms with van der Waals surface area (Å²) in [5, 5.41) is 6.59. The monoisotopic (exact) mass is 336 g/mol. The second kappa shape index (κ2) is 5.67. The van der Waals surface area contributed by atoms with Gasteiger partial charge >= 0.3 is 0 Å². The Kier molecular flexibility index (Phi) is 4.43. The van der Waals surface area contributed by atoms with E-state index in [4.69, 9.17) is 0 Å². The van der Waals surface area contributed by atoms with E-state index in [1.165, 1.54) is 4.31 Å². The third kappa shape index (κ3) is 3.62. The minimum atomic E-state index is -3.58. The third-order valence-electron chi connectivity index (χ3n) is 3.49. The van der Waals surface area contributed by atoms with Gasteiger partial charge in [-0.2, -0.15) is 9.40 Å². The first-order valence-corrected chi connectivity index (χ1v) is 9.93. The van der Waals surface area contributed by atoms with Crippen LogP contribution >= 0.6 is 0 Å². The molecule has 0 amide bonds. The third-order valence-corrected chi connectivity index (χ3v) is 6.42. The molecular formula is C11H20N4O4S2. The second-order valence-electron chi connectivity index (χ2n) is 5.33. The summed E-state index contributed by atoms with van der Waals surface area (Å²) in [6.45, 7) is 3.90. The van der Waals surface area contributed by atoms with E-state index in [-0.39, 0.29) is 10.9 Å². The number of nitrogens with one attached hydrogen (secondary N) is 2. The summed E-state index contributed by atoms with van der Waals surface area (Å²) in [7, 11) is -6.85. The Hall–Kier alpha value is -0.970. The van der Waals surface area contributed by atoms with Gasteiger partial charge in [0, 0.05) is 19.1 Å². The molecule has 1 aliphatic heterocycles. The molecule has 1 saturated heterocycles. The van der Waals surface area contributed by atoms with E-state index in [0.717, 1.165) is 6.26 Å². The minimum absolute atomic E-state index is 0.210. The molecule has 8 nitrogen and oxygen atoms in total. The maximum absolute atomic E-state index is 12.6. The topological polar surface area (TPSA) is 112 Å².